The van der Waals surface area contributed by atoms with E-state index in [1.807, 2.05) is 0 Å². The maximum Gasteiger partial charge on any atom is 0.309 e. The Morgan fingerprint density at radius 1 is 1.05 bits per heavy atom. The van der Waals surface area contributed by atoms with Gasteiger partial charge in [0.05, 0.1) is 17.6 Å². The quantitative estimate of drug-likeness (QED) is 0.791. The molecule has 4 heteroatoms. The van der Waals surface area contributed by atoms with Crippen molar-refractivity contribution < 1.29 is 19.4 Å². The molecule has 2 heterocycles. The highest BCUT2D eigenvalue weighted by molar-refractivity contribution is 5.75. The van der Waals surface area contributed by atoms with E-state index in [2.05, 4.69) is 0 Å². The molecule has 3 fully saturated rings. The summed E-state index contributed by atoms with van der Waals surface area (Å²) in [4.78, 5) is 12.1. The zero-order valence-corrected chi connectivity index (χ0v) is 12.2. The zero-order chi connectivity index (χ0) is 14.1. The molecule has 3 rings (SSSR count). The Hall–Kier alpha value is -0.610. The molecule has 1 saturated carbocycles. The lowest BCUT2D eigenvalue weighted by atomic mass is 9.64. The van der Waals surface area contributed by atoms with Crippen LogP contribution < -0.4 is 0 Å². The fourth-order valence-electron chi connectivity index (χ4n) is 4.52. The van der Waals surface area contributed by atoms with Gasteiger partial charge >= 0.3 is 5.97 Å². The molecule has 0 radical (unpaired) electrons. The first kappa shape index (κ1) is 14.3. The summed E-state index contributed by atoms with van der Waals surface area (Å²) in [5, 5.41) is 9.93. The molecule has 2 atom stereocenters. The van der Waals surface area contributed by atoms with E-state index in [1.54, 1.807) is 0 Å². The molecule has 2 aliphatic heterocycles. The predicted octanol–water partition coefficient (Wildman–Crippen LogP) is 3.00. The lowest BCUT2D eigenvalue weighted by Crippen LogP contribution is -2.48. The molecule has 1 N–H and O–H groups in total. The molecule has 114 valence electrons. The third-order valence-corrected chi connectivity index (χ3v) is 5.76. The van der Waals surface area contributed by atoms with E-state index in [0.29, 0.717) is 13.2 Å². The van der Waals surface area contributed by atoms with Crippen LogP contribution in [0.25, 0.3) is 0 Å². The van der Waals surface area contributed by atoms with Crippen LogP contribution in [0.4, 0.5) is 0 Å². The Balaban J connectivity index is 1.81. The van der Waals surface area contributed by atoms with Crippen molar-refractivity contribution in [3.63, 3.8) is 0 Å². The lowest BCUT2D eigenvalue weighted by molar-refractivity contribution is -0.165. The van der Waals surface area contributed by atoms with Crippen LogP contribution >= 0.6 is 0 Å². The minimum atomic E-state index is -0.569. The number of ether oxygens (including phenoxy) is 2. The molecule has 1 aliphatic carbocycles. The van der Waals surface area contributed by atoms with Crippen molar-refractivity contribution in [2.24, 2.45) is 11.3 Å². The maximum absolute atomic E-state index is 12.1. The number of aliphatic carboxylic acids is 1. The summed E-state index contributed by atoms with van der Waals surface area (Å²) in [5.74, 6) is -0.311. The molecule has 20 heavy (non-hydrogen) atoms. The van der Waals surface area contributed by atoms with E-state index in [0.717, 1.165) is 51.6 Å². The van der Waals surface area contributed by atoms with E-state index in [9.17, 15) is 9.90 Å². The van der Waals surface area contributed by atoms with Gasteiger partial charge in [-0.05, 0) is 31.6 Å². The molecule has 0 aromatic carbocycles. The fourth-order valence-corrected chi connectivity index (χ4v) is 4.52. The summed E-state index contributed by atoms with van der Waals surface area (Å²) in [6.07, 6.45) is 8.90. The molecule has 0 bridgehead atoms. The van der Waals surface area contributed by atoms with Gasteiger partial charge in [0.25, 0.3) is 0 Å². The Morgan fingerprint density at radius 2 is 1.80 bits per heavy atom. The average Bonchev–Trinajstić information content (AvgIpc) is 2.75. The Labute approximate surface area is 120 Å². The van der Waals surface area contributed by atoms with Crippen LogP contribution in [0.5, 0.6) is 0 Å². The maximum atomic E-state index is 12.1. The second-order valence-electron chi connectivity index (χ2n) is 6.90. The van der Waals surface area contributed by atoms with Crippen molar-refractivity contribution in [2.45, 2.75) is 63.4 Å². The van der Waals surface area contributed by atoms with Gasteiger partial charge in [0, 0.05) is 19.6 Å². The van der Waals surface area contributed by atoms with E-state index >= 15 is 0 Å². The molecule has 1 spiro atoms. The summed E-state index contributed by atoms with van der Waals surface area (Å²) in [5.41, 5.74) is -0.687. The molecule has 0 aromatic heterocycles. The number of carbonyl (C=O) groups is 1. The highest BCUT2D eigenvalue weighted by Gasteiger charge is 2.51. The van der Waals surface area contributed by atoms with Gasteiger partial charge < -0.3 is 14.6 Å². The Kier molecular flexibility index (Phi) is 4.04. The van der Waals surface area contributed by atoms with E-state index in [4.69, 9.17) is 9.47 Å². The molecule has 0 aromatic rings. The van der Waals surface area contributed by atoms with Crippen LogP contribution in [0.2, 0.25) is 0 Å². The largest absolute Gasteiger partial charge is 0.481 e. The van der Waals surface area contributed by atoms with Gasteiger partial charge in [0.15, 0.2) is 0 Å². The lowest BCUT2D eigenvalue weighted by Gasteiger charge is -2.45. The third kappa shape index (κ3) is 2.48. The molecule has 3 aliphatic rings. The van der Waals surface area contributed by atoms with Crippen molar-refractivity contribution in [3.05, 3.63) is 0 Å². The summed E-state index contributed by atoms with van der Waals surface area (Å²) in [7, 11) is 0. The van der Waals surface area contributed by atoms with Crippen molar-refractivity contribution in [1.29, 1.82) is 0 Å². The van der Waals surface area contributed by atoms with Crippen LogP contribution in [0.1, 0.15) is 57.8 Å². The van der Waals surface area contributed by atoms with Gasteiger partial charge in [0.1, 0.15) is 0 Å². The second kappa shape index (κ2) is 5.64. The first-order valence-electron chi connectivity index (χ1n) is 8.12. The Bertz CT molecular complexity index is 351. The number of hydrogen-bond acceptors (Lipinski definition) is 3. The van der Waals surface area contributed by atoms with Crippen LogP contribution in [0.15, 0.2) is 0 Å². The number of rotatable bonds is 2. The SMILES string of the molecule is O=C(O)C1(C2CCOC3(CCOC3)C2)CCCCCC1. The summed E-state index contributed by atoms with van der Waals surface area (Å²) in [6.45, 7) is 2.11. The first-order valence-corrected chi connectivity index (χ1v) is 8.12. The second-order valence-corrected chi connectivity index (χ2v) is 6.90. The van der Waals surface area contributed by atoms with E-state index in [1.165, 1.54) is 12.8 Å². The van der Waals surface area contributed by atoms with Crippen molar-refractivity contribution in [2.75, 3.05) is 19.8 Å². The van der Waals surface area contributed by atoms with Crippen molar-refractivity contribution >= 4 is 5.97 Å². The average molecular weight is 282 g/mol. The standard InChI is InChI=1S/C16H26O4/c17-14(18)16(6-3-1-2-4-7-16)13-5-9-20-15(11-13)8-10-19-12-15/h13H,1-12H2,(H,17,18). The van der Waals surface area contributed by atoms with Crippen molar-refractivity contribution in [3.8, 4) is 0 Å². The van der Waals surface area contributed by atoms with Gasteiger partial charge in [-0.1, -0.05) is 25.7 Å². The molecular formula is C16H26O4. The van der Waals surface area contributed by atoms with Gasteiger partial charge in [-0.2, -0.15) is 0 Å². The number of carboxylic acid groups (broad SMARTS) is 1. The molecule has 2 unspecified atom stereocenters. The zero-order valence-electron chi connectivity index (χ0n) is 12.2. The summed E-state index contributed by atoms with van der Waals surface area (Å²) < 4.78 is 11.5. The highest BCUT2D eigenvalue weighted by Crippen LogP contribution is 2.50. The minimum absolute atomic E-state index is 0.183. The Morgan fingerprint density at radius 3 is 2.40 bits per heavy atom. The monoisotopic (exact) mass is 282 g/mol. The highest BCUT2D eigenvalue weighted by atomic mass is 16.6. The first-order chi connectivity index (χ1) is 9.67. The van der Waals surface area contributed by atoms with Gasteiger partial charge in [-0.25, -0.2) is 0 Å². The van der Waals surface area contributed by atoms with Crippen LogP contribution in [-0.4, -0.2) is 36.5 Å². The number of carboxylic acids is 1. The van der Waals surface area contributed by atoms with E-state index in [-0.39, 0.29) is 11.5 Å². The molecule has 4 nitrogen and oxygen atoms in total. The fraction of sp³-hybridized carbons (Fsp3) is 0.938. The van der Waals surface area contributed by atoms with Crippen LogP contribution in [0, 0.1) is 11.3 Å². The van der Waals surface area contributed by atoms with Crippen LogP contribution in [-0.2, 0) is 14.3 Å². The summed E-state index contributed by atoms with van der Waals surface area (Å²) in [6, 6.07) is 0. The molecule has 0 amide bonds. The smallest absolute Gasteiger partial charge is 0.309 e. The predicted molar refractivity (Wildman–Crippen MR) is 74.6 cm³/mol. The number of hydrogen-bond donors (Lipinski definition) is 1. The normalized spacial score (nSPS) is 37.7. The molecular weight excluding hydrogens is 256 g/mol. The molecule has 2 saturated heterocycles. The van der Waals surface area contributed by atoms with Gasteiger partial charge in [0.2, 0.25) is 0 Å². The summed E-state index contributed by atoms with van der Waals surface area (Å²) >= 11 is 0. The van der Waals surface area contributed by atoms with Gasteiger partial charge in [-0.3, -0.25) is 4.79 Å². The van der Waals surface area contributed by atoms with Crippen LogP contribution in [0.3, 0.4) is 0 Å². The third-order valence-electron chi connectivity index (χ3n) is 5.76. The van der Waals surface area contributed by atoms with Gasteiger partial charge in [-0.15, -0.1) is 0 Å². The topological polar surface area (TPSA) is 55.8 Å². The van der Waals surface area contributed by atoms with Crippen molar-refractivity contribution in [1.82, 2.24) is 0 Å². The van der Waals surface area contributed by atoms with E-state index < -0.39 is 11.4 Å². The minimum Gasteiger partial charge on any atom is -0.481 e.